The molecule has 1 saturated heterocycles. The van der Waals surface area contributed by atoms with E-state index >= 15 is 0 Å². The summed E-state index contributed by atoms with van der Waals surface area (Å²) in [5, 5.41) is 3.20. The first kappa shape index (κ1) is 17.9. The number of hydrogen-bond acceptors (Lipinski definition) is 3. The smallest absolute Gasteiger partial charge is 0.243 e. The minimum Gasteiger partial charge on any atom is -0.317 e. The van der Waals surface area contributed by atoms with Gasteiger partial charge in [-0.1, -0.05) is 15.9 Å². The van der Waals surface area contributed by atoms with Gasteiger partial charge in [0.25, 0.3) is 0 Å². The predicted molar refractivity (Wildman–Crippen MR) is 87.0 cm³/mol. The fourth-order valence-corrected chi connectivity index (χ4v) is 4.11. The lowest BCUT2D eigenvalue weighted by Crippen LogP contribution is -2.43. The molecule has 1 aromatic carbocycles. The molecule has 0 aliphatic carbocycles. The van der Waals surface area contributed by atoms with Crippen LogP contribution in [0.2, 0.25) is 0 Å². The average Bonchev–Trinajstić information content (AvgIpc) is 2.41. The summed E-state index contributed by atoms with van der Waals surface area (Å²) in [6.45, 7) is 3.07. The number of benzene rings is 1. The summed E-state index contributed by atoms with van der Waals surface area (Å²) in [5.74, 6) is 0. The topological polar surface area (TPSA) is 49.4 Å². The van der Waals surface area contributed by atoms with E-state index in [1.807, 2.05) is 14.0 Å². The van der Waals surface area contributed by atoms with E-state index < -0.39 is 10.0 Å². The number of hydrogen-bond donors (Lipinski definition) is 1. The highest BCUT2D eigenvalue weighted by molar-refractivity contribution is 9.10. The fraction of sp³-hybridized carbons (Fsp3) is 0.538. The maximum absolute atomic E-state index is 12.5. The Morgan fingerprint density at radius 3 is 2.40 bits per heavy atom. The van der Waals surface area contributed by atoms with Crippen molar-refractivity contribution in [3.8, 4) is 0 Å². The predicted octanol–water partition coefficient (Wildman–Crippen LogP) is 2.55. The Bertz CT molecular complexity index is 557. The molecule has 1 fully saturated rings. The molecule has 1 N–H and O–H groups in total. The molecule has 0 radical (unpaired) electrons. The molecule has 0 saturated carbocycles. The molecule has 0 amide bonds. The molecule has 0 atom stereocenters. The first-order valence-corrected chi connectivity index (χ1v) is 8.62. The Morgan fingerprint density at radius 1 is 1.30 bits per heavy atom. The zero-order valence-electron chi connectivity index (χ0n) is 11.6. The van der Waals surface area contributed by atoms with Gasteiger partial charge in [-0.2, -0.15) is 4.31 Å². The third kappa shape index (κ3) is 3.74. The maximum atomic E-state index is 12.5. The summed E-state index contributed by atoms with van der Waals surface area (Å²) in [7, 11) is -1.42. The molecular formula is C13H20BrClN2O2S. The van der Waals surface area contributed by atoms with Crippen LogP contribution in [0.3, 0.4) is 0 Å². The monoisotopic (exact) mass is 382 g/mol. The fourth-order valence-electron chi connectivity index (χ4n) is 2.31. The Kier molecular flexibility index (Phi) is 6.47. The van der Waals surface area contributed by atoms with E-state index in [4.69, 9.17) is 0 Å². The van der Waals surface area contributed by atoms with E-state index in [0.29, 0.717) is 24.0 Å². The second-order valence-electron chi connectivity index (χ2n) is 4.88. The second-order valence-corrected chi connectivity index (χ2v) is 7.67. The van der Waals surface area contributed by atoms with Gasteiger partial charge in [0.15, 0.2) is 0 Å². The van der Waals surface area contributed by atoms with Gasteiger partial charge in [0, 0.05) is 23.6 Å². The summed E-state index contributed by atoms with van der Waals surface area (Å²) >= 11 is 3.39. The van der Waals surface area contributed by atoms with Crippen LogP contribution in [0.25, 0.3) is 0 Å². The van der Waals surface area contributed by atoms with Crippen molar-refractivity contribution in [2.45, 2.75) is 30.7 Å². The van der Waals surface area contributed by atoms with E-state index in [9.17, 15) is 8.42 Å². The Morgan fingerprint density at radius 2 is 1.90 bits per heavy atom. The van der Waals surface area contributed by atoms with Crippen molar-refractivity contribution in [3.63, 3.8) is 0 Å². The largest absolute Gasteiger partial charge is 0.317 e. The summed E-state index contributed by atoms with van der Waals surface area (Å²) in [6.07, 6.45) is 1.73. The maximum Gasteiger partial charge on any atom is 0.243 e. The highest BCUT2D eigenvalue weighted by atomic mass is 79.9. The quantitative estimate of drug-likeness (QED) is 0.872. The Labute approximate surface area is 135 Å². The van der Waals surface area contributed by atoms with Crippen LogP contribution in [0.4, 0.5) is 0 Å². The Hall–Kier alpha value is -0.140. The standard InChI is InChI=1S/C13H19BrN2O2S.ClH/c1-10-9-12(3-4-13(10)14)19(17,18)16-7-5-11(15-2)6-8-16;/h3-4,9,11,15H,5-8H2,1-2H3;1H. The van der Waals surface area contributed by atoms with Gasteiger partial charge in [-0.05, 0) is 50.6 Å². The molecule has 0 aromatic heterocycles. The molecule has 0 bridgehead atoms. The van der Waals surface area contributed by atoms with Crippen LogP contribution >= 0.6 is 28.3 Å². The average molecular weight is 384 g/mol. The number of sulfonamides is 1. The molecule has 1 aromatic rings. The lowest BCUT2D eigenvalue weighted by atomic mass is 10.1. The van der Waals surface area contributed by atoms with Crippen LogP contribution in [0.15, 0.2) is 27.6 Å². The number of nitrogens with zero attached hydrogens (tertiary/aromatic N) is 1. The lowest BCUT2D eigenvalue weighted by molar-refractivity contribution is 0.298. The summed E-state index contributed by atoms with van der Waals surface area (Å²) < 4.78 is 27.6. The van der Waals surface area contributed by atoms with E-state index in [1.165, 1.54) is 0 Å². The normalized spacial score (nSPS) is 17.8. The van der Waals surface area contributed by atoms with Gasteiger partial charge in [0.05, 0.1) is 4.90 Å². The van der Waals surface area contributed by atoms with Gasteiger partial charge in [-0.25, -0.2) is 8.42 Å². The van der Waals surface area contributed by atoms with E-state index in [1.54, 1.807) is 22.5 Å². The summed E-state index contributed by atoms with van der Waals surface area (Å²) in [4.78, 5) is 0.385. The summed E-state index contributed by atoms with van der Waals surface area (Å²) in [5.41, 5.74) is 0.936. The molecule has 20 heavy (non-hydrogen) atoms. The number of aryl methyl sites for hydroxylation is 1. The van der Waals surface area contributed by atoms with Gasteiger partial charge < -0.3 is 5.32 Å². The highest BCUT2D eigenvalue weighted by Crippen LogP contribution is 2.24. The molecular weight excluding hydrogens is 364 g/mol. The first-order valence-electron chi connectivity index (χ1n) is 6.38. The van der Waals surface area contributed by atoms with Gasteiger partial charge >= 0.3 is 0 Å². The van der Waals surface area contributed by atoms with E-state index in [0.717, 1.165) is 22.9 Å². The molecule has 4 nitrogen and oxygen atoms in total. The Balaban J connectivity index is 0.00000200. The van der Waals surface area contributed by atoms with Crippen LogP contribution in [-0.4, -0.2) is 38.9 Å². The van der Waals surface area contributed by atoms with Gasteiger partial charge in [0.2, 0.25) is 10.0 Å². The highest BCUT2D eigenvalue weighted by Gasteiger charge is 2.28. The van der Waals surface area contributed by atoms with Gasteiger partial charge in [-0.3, -0.25) is 0 Å². The van der Waals surface area contributed by atoms with Gasteiger partial charge in [0.1, 0.15) is 0 Å². The van der Waals surface area contributed by atoms with E-state index in [2.05, 4.69) is 21.2 Å². The minimum absolute atomic E-state index is 0. The van der Waals surface area contributed by atoms with Crippen LogP contribution < -0.4 is 5.32 Å². The second kappa shape index (κ2) is 7.22. The molecule has 2 rings (SSSR count). The van der Waals surface area contributed by atoms with E-state index in [-0.39, 0.29) is 12.4 Å². The third-order valence-electron chi connectivity index (χ3n) is 3.63. The van der Waals surface area contributed by atoms with Crippen molar-refractivity contribution in [1.29, 1.82) is 0 Å². The van der Waals surface area contributed by atoms with Crippen LogP contribution in [0.1, 0.15) is 18.4 Å². The number of nitrogens with one attached hydrogen (secondary N) is 1. The molecule has 0 spiro atoms. The lowest BCUT2D eigenvalue weighted by Gasteiger charge is -2.31. The third-order valence-corrected chi connectivity index (χ3v) is 6.41. The minimum atomic E-state index is -3.35. The molecule has 0 unspecified atom stereocenters. The first-order chi connectivity index (χ1) is 8.95. The van der Waals surface area contributed by atoms with Crippen molar-refractivity contribution >= 4 is 38.4 Å². The number of rotatable bonds is 3. The van der Waals surface area contributed by atoms with Crippen LogP contribution in [0.5, 0.6) is 0 Å². The molecule has 1 heterocycles. The van der Waals surface area contributed by atoms with Crippen molar-refractivity contribution < 1.29 is 8.42 Å². The molecule has 7 heteroatoms. The number of piperidine rings is 1. The van der Waals surface area contributed by atoms with Crippen molar-refractivity contribution in [3.05, 3.63) is 28.2 Å². The van der Waals surface area contributed by atoms with Crippen LogP contribution in [0, 0.1) is 6.92 Å². The van der Waals surface area contributed by atoms with Crippen molar-refractivity contribution in [2.75, 3.05) is 20.1 Å². The number of halogens is 2. The SMILES string of the molecule is CNC1CCN(S(=O)(=O)c2ccc(Br)c(C)c2)CC1.Cl. The zero-order valence-corrected chi connectivity index (χ0v) is 14.8. The van der Waals surface area contributed by atoms with Crippen molar-refractivity contribution in [2.24, 2.45) is 0 Å². The molecule has 114 valence electrons. The van der Waals surface area contributed by atoms with Gasteiger partial charge in [-0.15, -0.1) is 12.4 Å². The molecule has 1 aliphatic heterocycles. The van der Waals surface area contributed by atoms with Crippen molar-refractivity contribution in [1.82, 2.24) is 9.62 Å². The zero-order chi connectivity index (χ0) is 14.0. The van der Waals surface area contributed by atoms with Crippen LogP contribution in [-0.2, 0) is 10.0 Å². The molecule has 1 aliphatic rings. The summed E-state index contributed by atoms with van der Waals surface area (Å²) in [6, 6.07) is 5.61.